The molecule has 2 rings (SSSR count). The molecule has 0 saturated heterocycles. The van der Waals surface area contributed by atoms with Crippen LogP contribution in [0.4, 0.5) is 11.4 Å². The van der Waals surface area contributed by atoms with Gasteiger partial charge in [0, 0.05) is 12.1 Å². The predicted molar refractivity (Wildman–Crippen MR) is 71.0 cm³/mol. The predicted octanol–water partition coefficient (Wildman–Crippen LogP) is -0.116. The zero-order valence-corrected chi connectivity index (χ0v) is 10.9. The van der Waals surface area contributed by atoms with Crippen LogP contribution in [0.15, 0.2) is 18.2 Å². The van der Waals surface area contributed by atoms with Crippen LogP contribution in [0.25, 0.3) is 0 Å². The first kappa shape index (κ1) is 14.3. The van der Waals surface area contributed by atoms with Gasteiger partial charge in [-0.3, -0.25) is 20.8 Å². The van der Waals surface area contributed by atoms with Crippen LogP contribution >= 0.6 is 0 Å². The van der Waals surface area contributed by atoms with Crippen molar-refractivity contribution in [3.05, 3.63) is 39.7 Å². The summed E-state index contributed by atoms with van der Waals surface area (Å²) in [5.74, 6) is 5.04. The highest BCUT2D eigenvalue weighted by Gasteiger charge is 2.20. The highest BCUT2D eigenvalue weighted by Crippen LogP contribution is 2.22. The number of hydrazine groups is 1. The summed E-state index contributed by atoms with van der Waals surface area (Å²) < 4.78 is 0. The van der Waals surface area contributed by atoms with Crippen molar-refractivity contribution in [2.75, 3.05) is 5.43 Å². The SMILES string of the molecule is CC(NC(=O)c1cc([N+](=O)[O-])ccc1NN)c1nn[nH]n1. The average molecular weight is 292 g/mol. The van der Waals surface area contributed by atoms with Crippen LogP contribution in [-0.2, 0) is 0 Å². The summed E-state index contributed by atoms with van der Waals surface area (Å²) in [5.41, 5.74) is 2.41. The molecule has 0 spiro atoms. The van der Waals surface area contributed by atoms with Gasteiger partial charge >= 0.3 is 0 Å². The number of nitrogens with two attached hydrogens (primary N) is 1. The third-order valence-corrected chi connectivity index (χ3v) is 2.71. The molecule has 0 bridgehead atoms. The third-order valence-electron chi connectivity index (χ3n) is 2.71. The maximum Gasteiger partial charge on any atom is 0.270 e. The highest BCUT2D eigenvalue weighted by molar-refractivity contribution is 6.00. The van der Waals surface area contributed by atoms with E-state index in [0.29, 0.717) is 0 Å². The Kier molecular flexibility index (Phi) is 4.04. The standard InChI is InChI=1S/C10H12N8O3/c1-5(9-14-16-17-15-9)12-10(19)7-4-6(18(20)21)2-3-8(7)13-11/h2-5,13H,11H2,1H3,(H,12,19)(H,14,15,16,17). The molecule has 0 radical (unpaired) electrons. The van der Waals surface area contributed by atoms with Gasteiger partial charge in [-0.25, -0.2) is 0 Å². The summed E-state index contributed by atoms with van der Waals surface area (Å²) in [4.78, 5) is 22.4. The van der Waals surface area contributed by atoms with Crippen molar-refractivity contribution in [2.45, 2.75) is 13.0 Å². The fourth-order valence-corrected chi connectivity index (χ4v) is 1.65. The number of nitrogens with zero attached hydrogens (tertiary/aromatic N) is 4. The number of aromatic amines is 1. The molecule has 0 fully saturated rings. The molecular formula is C10H12N8O3. The van der Waals surface area contributed by atoms with Crippen molar-refractivity contribution in [1.82, 2.24) is 25.9 Å². The third kappa shape index (κ3) is 3.09. The van der Waals surface area contributed by atoms with Crippen LogP contribution in [0.5, 0.6) is 0 Å². The molecule has 1 amide bonds. The molecule has 110 valence electrons. The van der Waals surface area contributed by atoms with E-state index in [1.54, 1.807) is 6.92 Å². The van der Waals surface area contributed by atoms with Gasteiger partial charge in [0.2, 0.25) is 0 Å². The summed E-state index contributed by atoms with van der Waals surface area (Å²) in [5, 5.41) is 26.5. The maximum absolute atomic E-state index is 12.2. The molecule has 1 aromatic carbocycles. The number of hydrogen-bond acceptors (Lipinski definition) is 8. The lowest BCUT2D eigenvalue weighted by Gasteiger charge is -2.12. The normalized spacial score (nSPS) is 11.7. The van der Waals surface area contributed by atoms with Crippen molar-refractivity contribution in [1.29, 1.82) is 0 Å². The minimum atomic E-state index is -0.598. The fraction of sp³-hybridized carbons (Fsp3) is 0.200. The molecule has 2 aromatic rings. The van der Waals surface area contributed by atoms with E-state index in [4.69, 9.17) is 5.84 Å². The minimum Gasteiger partial charge on any atom is -0.342 e. The Morgan fingerprint density at radius 2 is 2.29 bits per heavy atom. The summed E-state index contributed by atoms with van der Waals surface area (Å²) in [6.07, 6.45) is 0. The van der Waals surface area contributed by atoms with Crippen LogP contribution in [0.3, 0.4) is 0 Å². The monoisotopic (exact) mass is 292 g/mol. The second-order valence-corrected chi connectivity index (χ2v) is 4.10. The first-order valence-electron chi connectivity index (χ1n) is 5.82. The molecule has 1 atom stereocenters. The Morgan fingerprint density at radius 1 is 1.52 bits per heavy atom. The Hall–Kier alpha value is -3.08. The quantitative estimate of drug-likeness (QED) is 0.336. The Balaban J connectivity index is 2.25. The molecule has 1 unspecified atom stereocenters. The number of non-ortho nitro benzene ring substituents is 1. The zero-order valence-electron chi connectivity index (χ0n) is 10.9. The Labute approximate surface area is 118 Å². The minimum absolute atomic E-state index is 0.0436. The van der Waals surface area contributed by atoms with E-state index in [9.17, 15) is 14.9 Å². The molecule has 21 heavy (non-hydrogen) atoms. The van der Waals surface area contributed by atoms with E-state index < -0.39 is 16.9 Å². The number of carbonyl (C=O) groups excluding carboxylic acids is 1. The summed E-state index contributed by atoms with van der Waals surface area (Å²) in [6.45, 7) is 1.65. The lowest BCUT2D eigenvalue weighted by Crippen LogP contribution is -2.28. The number of nitro groups is 1. The number of carbonyl (C=O) groups is 1. The topological polar surface area (TPSA) is 165 Å². The van der Waals surface area contributed by atoms with E-state index in [-0.39, 0.29) is 22.8 Å². The van der Waals surface area contributed by atoms with Crippen LogP contribution in [0.2, 0.25) is 0 Å². The lowest BCUT2D eigenvalue weighted by atomic mass is 10.1. The first-order valence-corrected chi connectivity index (χ1v) is 5.82. The molecule has 0 aliphatic rings. The molecule has 0 saturated carbocycles. The largest absolute Gasteiger partial charge is 0.342 e. The summed E-state index contributed by atoms with van der Waals surface area (Å²) in [7, 11) is 0. The van der Waals surface area contributed by atoms with Crippen molar-refractivity contribution < 1.29 is 9.72 Å². The highest BCUT2D eigenvalue weighted by atomic mass is 16.6. The Bertz CT molecular complexity index is 656. The van der Waals surface area contributed by atoms with E-state index >= 15 is 0 Å². The van der Waals surface area contributed by atoms with Crippen LogP contribution in [0, 0.1) is 10.1 Å². The van der Waals surface area contributed by atoms with Gasteiger partial charge in [-0.15, -0.1) is 10.2 Å². The average Bonchev–Trinajstić information content (AvgIpc) is 3.00. The van der Waals surface area contributed by atoms with Gasteiger partial charge < -0.3 is 10.7 Å². The maximum atomic E-state index is 12.2. The number of H-pyrrole nitrogens is 1. The van der Waals surface area contributed by atoms with Crippen molar-refractivity contribution in [3.63, 3.8) is 0 Å². The number of nitrogens with one attached hydrogen (secondary N) is 3. The Morgan fingerprint density at radius 3 is 2.86 bits per heavy atom. The van der Waals surface area contributed by atoms with Crippen molar-refractivity contribution in [3.8, 4) is 0 Å². The van der Waals surface area contributed by atoms with E-state index in [0.717, 1.165) is 6.07 Å². The number of amides is 1. The number of aromatic nitrogens is 4. The van der Waals surface area contributed by atoms with E-state index in [1.165, 1.54) is 12.1 Å². The number of tetrazole rings is 1. The number of benzene rings is 1. The van der Waals surface area contributed by atoms with Gasteiger partial charge in [-0.1, -0.05) is 5.21 Å². The summed E-state index contributed by atoms with van der Waals surface area (Å²) >= 11 is 0. The van der Waals surface area contributed by atoms with Gasteiger partial charge in [0.1, 0.15) is 0 Å². The van der Waals surface area contributed by atoms with Gasteiger partial charge in [-0.05, 0) is 13.0 Å². The van der Waals surface area contributed by atoms with Crippen LogP contribution in [0.1, 0.15) is 29.1 Å². The number of nitro benzene ring substituents is 1. The number of hydrogen-bond donors (Lipinski definition) is 4. The van der Waals surface area contributed by atoms with Crippen molar-refractivity contribution in [2.24, 2.45) is 5.84 Å². The fourth-order valence-electron chi connectivity index (χ4n) is 1.65. The number of rotatable bonds is 5. The molecule has 1 aromatic heterocycles. The molecule has 0 aliphatic heterocycles. The second-order valence-electron chi connectivity index (χ2n) is 4.10. The molecule has 0 aliphatic carbocycles. The van der Waals surface area contributed by atoms with Crippen LogP contribution < -0.4 is 16.6 Å². The van der Waals surface area contributed by atoms with Crippen molar-refractivity contribution >= 4 is 17.3 Å². The van der Waals surface area contributed by atoms with E-state index in [2.05, 4.69) is 31.4 Å². The number of anilines is 1. The van der Waals surface area contributed by atoms with Gasteiger partial charge in [0.15, 0.2) is 5.82 Å². The first-order chi connectivity index (χ1) is 10.0. The molecular weight excluding hydrogens is 280 g/mol. The lowest BCUT2D eigenvalue weighted by molar-refractivity contribution is -0.384. The smallest absolute Gasteiger partial charge is 0.270 e. The second kappa shape index (κ2) is 5.92. The molecule has 11 heteroatoms. The summed E-state index contributed by atoms with van der Waals surface area (Å²) in [6, 6.07) is 3.20. The van der Waals surface area contributed by atoms with Crippen LogP contribution in [-0.4, -0.2) is 31.5 Å². The van der Waals surface area contributed by atoms with Gasteiger partial charge in [0.05, 0.1) is 22.2 Å². The number of nitrogen functional groups attached to an aromatic ring is 1. The van der Waals surface area contributed by atoms with Gasteiger partial charge in [-0.2, -0.15) is 5.21 Å². The molecule has 11 nitrogen and oxygen atoms in total. The zero-order chi connectivity index (χ0) is 15.4. The van der Waals surface area contributed by atoms with Gasteiger partial charge in [0.25, 0.3) is 11.6 Å². The molecule has 1 heterocycles. The van der Waals surface area contributed by atoms with E-state index in [1.807, 2.05) is 0 Å². The molecule has 5 N–H and O–H groups in total.